The summed E-state index contributed by atoms with van der Waals surface area (Å²) in [5.41, 5.74) is 5.95. The number of ether oxygens (including phenoxy) is 2. The highest BCUT2D eigenvalue weighted by Gasteiger charge is 2.34. The smallest absolute Gasteiger partial charge is 0.269 e. The summed E-state index contributed by atoms with van der Waals surface area (Å²) < 4.78 is 13.1. The van der Waals surface area contributed by atoms with Crippen molar-refractivity contribution in [1.82, 2.24) is 10.4 Å². The monoisotopic (exact) mass is 675 g/mol. The maximum Gasteiger partial charge on any atom is 0.269 e. The zero-order valence-electron chi connectivity index (χ0n) is 27.5. The Morgan fingerprint density at radius 3 is 2.20 bits per heavy atom. The van der Waals surface area contributed by atoms with Crippen molar-refractivity contribution < 1.29 is 34.3 Å². The molecule has 2 amide bonds. The fourth-order valence-electron chi connectivity index (χ4n) is 6.26. The Morgan fingerprint density at radius 2 is 1.55 bits per heavy atom. The normalized spacial score (nSPS) is 19.7. The second-order valence-electron chi connectivity index (χ2n) is 12.5. The van der Waals surface area contributed by atoms with Gasteiger partial charge in [0, 0.05) is 81.1 Å². The lowest BCUT2D eigenvalue weighted by atomic mass is 9.99. The van der Waals surface area contributed by atoms with Gasteiger partial charge in [-0.2, -0.15) is 0 Å². The van der Waals surface area contributed by atoms with E-state index in [1.54, 1.807) is 29.7 Å². The number of hydroxylamine groups is 1. The number of nitro groups is 1. The first kappa shape index (κ1) is 35.9. The van der Waals surface area contributed by atoms with Crippen molar-refractivity contribution in [3.05, 3.63) is 99.6 Å². The van der Waals surface area contributed by atoms with Crippen LogP contribution in [0.2, 0.25) is 0 Å². The van der Waals surface area contributed by atoms with Gasteiger partial charge in [0.2, 0.25) is 11.8 Å². The van der Waals surface area contributed by atoms with Crippen LogP contribution in [0.4, 0.5) is 17.1 Å². The van der Waals surface area contributed by atoms with Crippen molar-refractivity contribution in [3.63, 3.8) is 0 Å². The molecule has 0 aliphatic carbocycles. The van der Waals surface area contributed by atoms with Crippen molar-refractivity contribution in [2.75, 3.05) is 42.9 Å². The van der Waals surface area contributed by atoms with Crippen LogP contribution < -0.4 is 15.7 Å². The Hall–Kier alpha value is -4.40. The highest BCUT2D eigenvalue weighted by molar-refractivity contribution is 5.90. The number of carbonyl (C=O) groups is 2. The Labute approximate surface area is 285 Å². The molecule has 2 heterocycles. The molecule has 2 aliphatic heterocycles. The first-order chi connectivity index (χ1) is 23.8. The third-order valence-electron chi connectivity index (χ3n) is 9.00. The van der Waals surface area contributed by atoms with Gasteiger partial charge in [-0.15, -0.1) is 0 Å². The summed E-state index contributed by atoms with van der Waals surface area (Å²) in [6, 6.07) is 22.0. The Balaban J connectivity index is 1.19. The summed E-state index contributed by atoms with van der Waals surface area (Å²) in [6.45, 7) is 3.89. The molecular formula is C36H45N5O8. The summed E-state index contributed by atoms with van der Waals surface area (Å²) in [4.78, 5) is 39.1. The Kier molecular flexibility index (Phi) is 13.1. The van der Waals surface area contributed by atoms with Crippen molar-refractivity contribution in [2.24, 2.45) is 0 Å². The average molecular weight is 676 g/mol. The van der Waals surface area contributed by atoms with Gasteiger partial charge in [0.15, 0.2) is 6.29 Å². The van der Waals surface area contributed by atoms with Crippen LogP contribution in [0, 0.1) is 10.1 Å². The first-order valence-electron chi connectivity index (χ1n) is 16.9. The van der Waals surface area contributed by atoms with Crippen molar-refractivity contribution in [3.8, 4) is 0 Å². The molecule has 49 heavy (non-hydrogen) atoms. The van der Waals surface area contributed by atoms with Gasteiger partial charge in [-0.1, -0.05) is 49.2 Å². The maximum atomic E-state index is 12.7. The van der Waals surface area contributed by atoms with Crippen LogP contribution in [-0.2, 0) is 25.7 Å². The van der Waals surface area contributed by atoms with Crippen LogP contribution in [0.3, 0.4) is 0 Å². The second kappa shape index (κ2) is 17.8. The van der Waals surface area contributed by atoms with Crippen molar-refractivity contribution >= 4 is 28.9 Å². The number of piperazine rings is 1. The molecule has 0 aromatic heterocycles. The number of nitrogens with zero attached hydrogens (tertiary/aromatic N) is 3. The number of aliphatic hydroxyl groups excluding tert-OH is 1. The Morgan fingerprint density at radius 1 is 0.857 bits per heavy atom. The number of amides is 2. The van der Waals surface area contributed by atoms with E-state index in [-0.39, 0.29) is 41.8 Å². The van der Waals surface area contributed by atoms with Crippen LogP contribution in [0.1, 0.15) is 74.0 Å². The van der Waals surface area contributed by atoms with E-state index < -0.39 is 12.2 Å². The van der Waals surface area contributed by atoms with Crippen LogP contribution >= 0.6 is 0 Å². The largest absolute Gasteiger partial charge is 0.392 e. The number of hydrogen-bond acceptors (Lipinski definition) is 10. The van der Waals surface area contributed by atoms with Gasteiger partial charge in [0.25, 0.3) is 5.69 Å². The molecule has 0 saturated carbocycles. The van der Waals surface area contributed by atoms with Crippen molar-refractivity contribution in [1.29, 1.82) is 0 Å². The molecule has 2 fully saturated rings. The number of benzene rings is 3. The van der Waals surface area contributed by atoms with Gasteiger partial charge in [0.1, 0.15) is 0 Å². The van der Waals surface area contributed by atoms with Gasteiger partial charge < -0.3 is 24.8 Å². The number of nitrogens with one attached hydrogen (secondary N) is 2. The number of rotatable bonds is 15. The molecule has 2 saturated heterocycles. The van der Waals surface area contributed by atoms with Gasteiger partial charge in [-0.25, -0.2) is 5.48 Å². The lowest BCUT2D eigenvalue weighted by Gasteiger charge is -2.41. The summed E-state index contributed by atoms with van der Waals surface area (Å²) in [5, 5.41) is 32.1. The first-order valence-corrected chi connectivity index (χ1v) is 16.9. The number of carbonyl (C=O) groups excluding carboxylic acids is 2. The molecule has 3 atom stereocenters. The molecule has 262 valence electrons. The SMILES string of the molecule is O=C(CCCCCCC(=O)Nc1cccc([C@@H]2O[C@H](CN3CCN(c4ccc([N+](=O)[O-])cc4)CC3)C[C@H](c3ccc(CO)cc3)O2)c1)NO. The van der Waals surface area contributed by atoms with E-state index in [0.717, 1.165) is 61.4 Å². The van der Waals surface area contributed by atoms with Crippen LogP contribution in [0.15, 0.2) is 72.8 Å². The van der Waals surface area contributed by atoms with Crippen molar-refractivity contribution in [2.45, 2.75) is 70.1 Å². The molecule has 3 aromatic rings. The number of hydrogen-bond donors (Lipinski definition) is 4. The van der Waals surface area contributed by atoms with E-state index >= 15 is 0 Å². The average Bonchev–Trinajstić information content (AvgIpc) is 3.13. The summed E-state index contributed by atoms with van der Waals surface area (Å²) in [6.07, 6.45) is 3.21. The fraction of sp³-hybridized carbons (Fsp3) is 0.444. The van der Waals surface area contributed by atoms with Crippen LogP contribution in [0.5, 0.6) is 0 Å². The number of non-ortho nitro benzene ring substituents is 1. The molecule has 0 unspecified atom stereocenters. The zero-order valence-corrected chi connectivity index (χ0v) is 27.5. The predicted octanol–water partition coefficient (Wildman–Crippen LogP) is 5.24. The molecule has 3 aromatic carbocycles. The topological polar surface area (TPSA) is 167 Å². The third kappa shape index (κ3) is 10.5. The lowest BCUT2D eigenvalue weighted by molar-refractivity contribution is -0.384. The highest BCUT2D eigenvalue weighted by Crippen LogP contribution is 2.39. The number of aliphatic hydroxyl groups is 1. The minimum Gasteiger partial charge on any atom is -0.392 e. The number of unbranched alkanes of at least 4 members (excludes halogenated alkanes) is 3. The van der Waals surface area contributed by atoms with E-state index in [1.807, 2.05) is 48.5 Å². The van der Waals surface area contributed by atoms with E-state index in [2.05, 4.69) is 15.1 Å². The third-order valence-corrected chi connectivity index (χ3v) is 9.00. The summed E-state index contributed by atoms with van der Waals surface area (Å²) in [7, 11) is 0. The van der Waals surface area contributed by atoms with E-state index in [4.69, 9.17) is 14.7 Å². The molecular weight excluding hydrogens is 630 g/mol. The molecule has 5 rings (SSSR count). The molecule has 13 heteroatoms. The lowest BCUT2D eigenvalue weighted by Crippen LogP contribution is -2.49. The summed E-state index contributed by atoms with van der Waals surface area (Å²) >= 11 is 0. The highest BCUT2D eigenvalue weighted by atomic mass is 16.7. The zero-order chi connectivity index (χ0) is 34.6. The van der Waals surface area contributed by atoms with Gasteiger partial charge in [-0.3, -0.25) is 29.8 Å². The minimum atomic E-state index is -0.657. The van der Waals surface area contributed by atoms with Gasteiger partial charge in [0.05, 0.1) is 23.7 Å². The standard InChI is InChI=1S/C36H45N5O8/c42-25-26-10-12-27(13-11-26)33-23-32(24-39-18-20-40(21-19-39)30-14-16-31(17-15-30)41(46)47)48-36(49-33)28-6-5-7-29(22-28)37-34(43)8-3-1-2-4-9-35(44)38-45/h5-7,10-17,22,32-33,36,42,45H,1-4,8-9,18-21,23-25H2,(H,37,43)(H,38,44)/t32-,33+,36+/m0/s1. The second-order valence-corrected chi connectivity index (χ2v) is 12.5. The summed E-state index contributed by atoms with van der Waals surface area (Å²) in [5.74, 6) is -0.496. The van der Waals surface area contributed by atoms with Crippen LogP contribution in [-0.4, -0.2) is 70.8 Å². The molecule has 0 spiro atoms. The molecule has 4 N–H and O–H groups in total. The minimum absolute atomic E-state index is 0.0338. The number of anilines is 2. The van der Waals surface area contributed by atoms with E-state index in [9.17, 15) is 24.8 Å². The Bertz CT molecular complexity index is 1530. The molecule has 2 aliphatic rings. The molecule has 0 bridgehead atoms. The van der Waals surface area contributed by atoms with Crippen LogP contribution in [0.25, 0.3) is 0 Å². The fourth-order valence-corrected chi connectivity index (χ4v) is 6.26. The number of nitro benzene ring substituents is 1. The molecule has 0 radical (unpaired) electrons. The van der Waals surface area contributed by atoms with Gasteiger partial charge >= 0.3 is 0 Å². The van der Waals surface area contributed by atoms with Gasteiger partial charge in [-0.05, 0) is 48.2 Å². The van der Waals surface area contributed by atoms with E-state index in [1.165, 1.54) is 0 Å². The molecule has 13 nitrogen and oxygen atoms in total. The maximum absolute atomic E-state index is 12.7. The van der Waals surface area contributed by atoms with E-state index in [0.29, 0.717) is 37.9 Å². The predicted molar refractivity (Wildman–Crippen MR) is 183 cm³/mol. The quantitative estimate of drug-likeness (QED) is 0.0724.